The van der Waals surface area contributed by atoms with Crippen LogP contribution in [0.15, 0.2) is 47.3 Å². The van der Waals surface area contributed by atoms with E-state index in [9.17, 15) is 9.59 Å². The number of likely N-dealkylation sites (N-methyl/N-ethyl adjacent to an activating group) is 1. The molecule has 5 rings (SSSR count). The zero-order valence-corrected chi connectivity index (χ0v) is 21.2. The van der Waals surface area contributed by atoms with E-state index in [1.165, 1.54) is 16.7 Å². The molecule has 2 aromatic carbocycles. The summed E-state index contributed by atoms with van der Waals surface area (Å²) in [6.07, 6.45) is 1.02. The normalized spacial score (nSPS) is 19.3. The number of carbonyl (C=O) groups excluding carboxylic acids is 1. The molecule has 174 valence electrons. The molecule has 1 saturated heterocycles. The van der Waals surface area contributed by atoms with Gasteiger partial charge in [-0.05, 0) is 0 Å². The molecule has 3 N–H and O–H groups in total. The van der Waals surface area contributed by atoms with Crippen molar-refractivity contribution in [3.63, 3.8) is 0 Å². The monoisotopic (exact) mass is 579 g/mol. The van der Waals surface area contributed by atoms with Crippen LogP contribution in [0.4, 0.5) is 0 Å². The van der Waals surface area contributed by atoms with E-state index in [1.807, 2.05) is 31.3 Å². The van der Waals surface area contributed by atoms with Crippen LogP contribution >= 0.6 is 31.4 Å². The number of rotatable bonds is 6. The van der Waals surface area contributed by atoms with Crippen molar-refractivity contribution in [3.05, 3.63) is 79.4 Å². The van der Waals surface area contributed by atoms with E-state index in [-0.39, 0.29) is 14.7 Å². The Morgan fingerprint density at radius 2 is 2.15 bits per heavy atom. The number of hydrogen-bond donors (Lipinski definition) is 3. The number of H-pyrrole nitrogens is 1. The van der Waals surface area contributed by atoms with Crippen LogP contribution in [0.5, 0.6) is 5.75 Å². The number of benzene rings is 2. The molecule has 0 saturated carbocycles. The standard InChI is InChI=1S/C23H26IN5O3S/c1-29-12-20(22-27-28-23(31)33-22)24(14-29)26-21(30)15-5-7-18(8-6-15)32-13-17-4-2-3-16-11-25-10-9-19(16)17/h2-8,20,25H,9-14H2,1H3,(H,26,30)(H,28,31). The fourth-order valence-electron chi connectivity index (χ4n) is 4.15. The van der Waals surface area contributed by atoms with Gasteiger partial charge in [-0.25, -0.2) is 0 Å². The van der Waals surface area contributed by atoms with Crippen molar-refractivity contribution in [3.8, 4) is 5.75 Å². The number of carbonyl (C=O) groups is 1. The molecule has 10 heteroatoms. The molecule has 0 aliphatic carbocycles. The average molecular weight is 579 g/mol. The van der Waals surface area contributed by atoms with Crippen molar-refractivity contribution < 1.29 is 9.53 Å². The summed E-state index contributed by atoms with van der Waals surface area (Å²) in [4.78, 5) is 26.5. The predicted molar refractivity (Wildman–Crippen MR) is 137 cm³/mol. The third-order valence-electron chi connectivity index (χ3n) is 5.80. The number of hydrogen-bond acceptors (Lipinski definition) is 7. The topological polar surface area (TPSA) is 99.4 Å². The summed E-state index contributed by atoms with van der Waals surface area (Å²) in [6, 6.07) is 13.7. The number of fused-ring (bicyclic) bond motifs is 1. The molecule has 0 spiro atoms. The molecular formula is C23H26IN5O3S. The maximum absolute atomic E-state index is 12.9. The van der Waals surface area contributed by atoms with E-state index in [1.54, 1.807) is 0 Å². The zero-order chi connectivity index (χ0) is 22.8. The molecular weight excluding hydrogens is 553 g/mol. The molecule has 8 nitrogen and oxygen atoms in total. The molecule has 3 aromatic rings. The first-order valence-corrected chi connectivity index (χ1v) is 15.5. The molecule has 1 aromatic heterocycles. The first-order chi connectivity index (χ1) is 16.1. The van der Waals surface area contributed by atoms with E-state index in [4.69, 9.17) is 4.74 Å². The van der Waals surface area contributed by atoms with E-state index in [0.29, 0.717) is 12.2 Å². The predicted octanol–water partition coefficient (Wildman–Crippen LogP) is 2.85. The van der Waals surface area contributed by atoms with Crippen molar-refractivity contribution in [1.82, 2.24) is 23.9 Å². The molecule has 1 unspecified atom stereocenters. The fraction of sp³-hybridized carbons (Fsp3) is 0.348. The minimum atomic E-state index is -1.90. The van der Waals surface area contributed by atoms with Gasteiger partial charge in [0.2, 0.25) is 0 Å². The molecule has 1 amide bonds. The SMILES string of the molecule is CN1CC(c2n[nH]c(=O)s2)I(NC(=O)c2ccc(OCc3cccc4c3CCNC4)cc2)C1. The van der Waals surface area contributed by atoms with E-state index < -0.39 is 20.1 Å². The molecule has 2 aliphatic heterocycles. The van der Waals surface area contributed by atoms with Gasteiger partial charge in [0.1, 0.15) is 0 Å². The molecule has 1 atom stereocenters. The number of aromatic nitrogens is 2. The third-order valence-corrected chi connectivity index (χ3v) is 13.0. The van der Waals surface area contributed by atoms with Crippen molar-refractivity contribution in [2.24, 2.45) is 0 Å². The Labute approximate surface area is 203 Å². The van der Waals surface area contributed by atoms with Crippen LogP contribution in [0.3, 0.4) is 0 Å². The average Bonchev–Trinajstić information content (AvgIpc) is 3.42. The number of aromatic amines is 1. The zero-order valence-electron chi connectivity index (χ0n) is 18.3. The van der Waals surface area contributed by atoms with Gasteiger partial charge in [-0.1, -0.05) is 0 Å². The number of alkyl halides is 2. The Kier molecular flexibility index (Phi) is 6.76. The molecule has 3 heterocycles. The summed E-state index contributed by atoms with van der Waals surface area (Å²) in [5, 5.41) is 10.9. The molecule has 33 heavy (non-hydrogen) atoms. The maximum atomic E-state index is 12.9. The van der Waals surface area contributed by atoms with Crippen LogP contribution in [0.2, 0.25) is 0 Å². The van der Waals surface area contributed by atoms with Gasteiger partial charge in [-0.15, -0.1) is 0 Å². The molecule has 1 fully saturated rings. The van der Waals surface area contributed by atoms with E-state index in [2.05, 4.69) is 42.1 Å². The van der Waals surface area contributed by atoms with Crippen LogP contribution in [0.1, 0.15) is 36.0 Å². The summed E-state index contributed by atoms with van der Waals surface area (Å²) in [5.74, 6) is 0.677. The molecule has 0 radical (unpaired) electrons. The van der Waals surface area contributed by atoms with Gasteiger partial charge in [-0.2, -0.15) is 0 Å². The van der Waals surface area contributed by atoms with Crippen LogP contribution < -0.4 is 18.5 Å². The first kappa shape index (κ1) is 22.5. The number of amides is 1. The summed E-state index contributed by atoms with van der Waals surface area (Å²) in [6.45, 7) is 3.24. The second kappa shape index (κ2) is 9.92. The summed E-state index contributed by atoms with van der Waals surface area (Å²) in [7, 11) is 2.04. The van der Waals surface area contributed by atoms with Gasteiger partial charge in [0.05, 0.1) is 0 Å². The van der Waals surface area contributed by atoms with Crippen molar-refractivity contribution in [1.29, 1.82) is 0 Å². The van der Waals surface area contributed by atoms with Crippen molar-refractivity contribution in [2.45, 2.75) is 23.5 Å². The number of nitrogens with zero attached hydrogens (tertiary/aromatic N) is 2. The third kappa shape index (κ3) is 5.13. The molecule has 0 bridgehead atoms. The summed E-state index contributed by atoms with van der Waals surface area (Å²) >= 11 is -0.752. The summed E-state index contributed by atoms with van der Waals surface area (Å²) in [5.41, 5.74) is 4.57. The van der Waals surface area contributed by atoms with Crippen LogP contribution in [0, 0.1) is 0 Å². The Balaban J connectivity index is 1.21. The number of nitrogens with one attached hydrogen (secondary N) is 3. The van der Waals surface area contributed by atoms with Gasteiger partial charge in [0.25, 0.3) is 0 Å². The van der Waals surface area contributed by atoms with Crippen molar-refractivity contribution >= 4 is 37.3 Å². The Morgan fingerprint density at radius 1 is 1.30 bits per heavy atom. The minimum absolute atomic E-state index is 0.0699. The van der Waals surface area contributed by atoms with Crippen LogP contribution in [-0.4, -0.2) is 45.7 Å². The van der Waals surface area contributed by atoms with Gasteiger partial charge >= 0.3 is 199 Å². The number of halogens is 1. The Hall–Kier alpha value is -2.28. The van der Waals surface area contributed by atoms with E-state index in [0.717, 1.165) is 52.7 Å². The quantitative estimate of drug-likeness (QED) is 0.180. The van der Waals surface area contributed by atoms with Crippen LogP contribution in [0.25, 0.3) is 0 Å². The van der Waals surface area contributed by atoms with Crippen LogP contribution in [-0.2, 0) is 19.6 Å². The Morgan fingerprint density at radius 3 is 2.94 bits per heavy atom. The second-order valence-electron chi connectivity index (χ2n) is 8.19. The Bertz CT molecular complexity index is 1200. The number of ether oxygens (including phenoxy) is 1. The fourth-order valence-corrected chi connectivity index (χ4v) is 11.2. The van der Waals surface area contributed by atoms with Gasteiger partial charge in [0.15, 0.2) is 0 Å². The van der Waals surface area contributed by atoms with E-state index >= 15 is 0 Å². The van der Waals surface area contributed by atoms with Gasteiger partial charge in [-0.3, -0.25) is 0 Å². The molecule has 2 aliphatic rings. The summed E-state index contributed by atoms with van der Waals surface area (Å²) < 4.78 is 10.3. The van der Waals surface area contributed by atoms with Crippen molar-refractivity contribution in [2.75, 3.05) is 24.7 Å². The van der Waals surface area contributed by atoms with Gasteiger partial charge < -0.3 is 5.32 Å². The first-order valence-electron chi connectivity index (χ1n) is 10.8. The van der Waals surface area contributed by atoms with Gasteiger partial charge in [0, 0.05) is 0 Å². The second-order valence-corrected chi connectivity index (χ2v) is 14.2.